The summed E-state index contributed by atoms with van der Waals surface area (Å²) in [5, 5.41) is 0. The number of rotatable bonds is 12. The van der Waals surface area contributed by atoms with Crippen molar-refractivity contribution in [3.8, 4) is 0 Å². The Bertz CT molecular complexity index is 382. The molecule has 0 aliphatic heterocycles. The zero-order valence-corrected chi connectivity index (χ0v) is 22.3. The molecule has 0 amide bonds. The van der Waals surface area contributed by atoms with E-state index in [1.165, 1.54) is 0 Å². The topological polar surface area (TPSA) is 103 Å². The van der Waals surface area contributed by atoms with Gasteiger partial charge < -0.3 is 23.8 Å². The van der Waals surface area contributed by atoms with Crippen molar-refractivity contribution in [2.24, 2.45) is 0 Å². The summed E-state index contributed by atoms with van der Waals surface area (Å²) in [5.41, 5.74) is -3.28. The van der Waals surface area contributed by atoms with E-state index in [0.717, 1.165) is 38.5 Å². The predicted molar refractivity (Wildman–Crippen MR) is 72.1 cm³/mol. The van der Waals surface area contributed by atoms with Crippen LogP contribution in [0.5, 0.6) is 0 Å². The molecule has 0 spiro atoms. The number of unbranched alkanes of at least 4 members (excludes halogenated alkanes) is 7. The van der Waals surface area contributed by atoms with E-state index in [1.54, 1.807) is 0 Å². The maximum Gasteiger partial charge on any atom is 1.00 e. The van der Waals surface area contributed by atoms with Crippen LogP contribution in [-0.2, 0) is 9.13 Å². The summed E-state index contributed by atoms with van der Waals surface area (Å²) >= 11 is 0. The Kier molecular flexibility index (Phi) is 26.8. The van der Waals surface area contributed by atoms with Crippen LogP contribution < -0.4 is 103 Å². The van der Waals surface area contributed by atoms with Crippen LogP contribution in [0.25, 0.3) is 0 Å². The van der Waals surface area contributed by atoms with Gasteiger partial charge in [0.2, 0.25) is 0 Å². The van der Waals surface area contributed by atoms with Crippen molar-refractivity contribution in [3.05, 3.63) is 12.7 Å². The minimum absolute atomic E-state index is 0. The van der Waals surface area contributed by atoms with E-state index in [9.17, 15) is 28.2 Å². The first kappa shape index (κ1) is 33.6. The minimum atomic E-state index is -5.71. The Morgan fingerprint density at radius 1 is 0.870 bits per heavy atom. The molecule has 0 saturated heterocycles. The molecule has 0 bridgehead atoms. The average molecular weight is 396 g/mol. The molecule has 0 aromatic heterocycles. The maximum atomic E-state index is 13.0. The molecule has 0 saturated carbocycles. The second-order valence-electron chi connectivity index (χ2n) is 4.85. The third kappa shape index (κ3) is 18.2. The van der Waals surface area contributed by atoms with E-state index in [4.69, 9.17) is 0 Å². The molecule has 0 aromatic rings. The molecule has 2 atom stereocenters. The van der Waals surface area contributed by atoms with Gasteiger partial charge in [-0.3, -0.25) is 0 Å². The Labute approximate surface area is 205 Å². The van der Waals surface area contributed by atoms with Crippen LogP contribution in [0.15, 0.2) is 12.7 Å². The van der Waals surface area contributed by atoms with Gasteiger partial charge in [0.05, 0.1) is 7.37 Å². The molecule has 2 unspecified atom stereocenters. The monoisotopic (exact) mass is 396 g/mol. The number of alkyl halides is 1. The first-order valence-electron chi connectivity index (χ1n) is 6.78. The number of hydrogen-bond acceptors (Lipinski definition) is 5. The molecule has 0 heterocycles. The van der Waals surface area contributed by atoms with Gasteiger partial charge in [0.1, 0.15) is 0 Å². The molecule has 0 aliphatic rings. The van der Waals surface area contributed by atoms with Crippen LogP contribution in [0.2, 0.25) is 0 Å². The second-order valence-corrected chi connectivity index (χ2v) is 9.15. The first-order chi connectivity index (χ1) is 9.22. The number of hydrogen-bond donors (Lipinski definition) is 0. The van der Waals surface area contributed by atoms with Gasteiger partial charge in [0.25, 0.3) is 0 Å². The van der Waals surface area contributed by atoms with E-state index < -0.39 is 26.8 Å². The smallest absolute Gasteiger partial charge is 0.808 e. The fourth-order valence-corrected chi connectivity index (χ4v) is 4.77. The number of allylic oxidation sites excluding steroid dienone is 1. The second kappa shape index (κ2) is 18.4. The van der Waals surface area contributed by atoms with Crippen LogP contribution in [-0.4, -0.2) is 11.8 Å². The molecule has 0 fully saturated rings. The Balaban J connectivity index is -0.000000602. The maximum absolute atomic E-state index is 13.0. The van der Waals surface area contributed by atoms with Gasteiger partial charge in [-0.05, 0) is 33.0 Å². The van der Waals surface area contributed by atoms with Gasteiger partial charge in [-0.15, -0.1) is 6.58 Å². The predicted octanol–water partition coefficient (Wildman–Crippen LogP) is -6.89. The van der Waals surface area contributed by atoms with Gasteiger partial charge in [-0.1, -0.05) is 38.2 Å². The SMILES string of the molecule is C=CCCCCCCCCCP(=O)([O-])C(F)P(=O)([O-])[O-].[Na+].[Na+].[Na+]. The molecule has 0 aromatic carbocycles. The summed E-state index contributed by atoms with van der Waals surface area (Å²) in [6.07, 6.45) is 8.06. The zero-order chi connectivity index (χ0) is 15.6. The van der Waals surface area contributed by atoms with Gasteiger partial charge in [-0.2, -0.15) is 0 Å². The Morgan fingerprint density at radius 2 is 1.26 bits per heavy atom. The van der Waals surface area contributed by atoms with Gasteiger partial charge in [-0.25, -0.2) is 4.39 Å². The quantitative estimate of drug-likeness (QED) is 0.141. The van der Waals surface area contributed by atoms with Crippen LogP contribution in [0, 0.1) is 0 Å². The third-order valence-electron chi connectivity index (χ3n) is 2.96. The van der Waals surface area contributed by atoms with Crippen molar-refractivity contribution in [1.82, 2.24) is 0 Å². The van der Waals surface area contributed by atoms with Crippen molar-refractivity contribution in [2.45, 2.75) is 57.0 Å². The zero-order valence-electron chi connectivity index (χ0n) is 14.5. The molecule has 23 heavy (non-hydrogen) atoms. The largest absolute Gasteiger partial charge is 1.00 e. The Morgan fingerprint density at radius 3 is 1.65 bits per heavy atom. The van der Waals surface area contributed by atoms with E-state index in [0.29, 0.717) is 6.42 Å². The van der Waals surface area contributed by atoms with E-state index in [-0.39, 0.29) is 95.1 Å². The van der Waals surface area contributed by atoms with E-state index >= 15 is 0 Å². The van der Waals surface area contributed by atoms with Crippen molar-refractivity contribution in [2.75, 3.05) is 6.16 Å². The number of halogens is 1. The van der Waals surface area contributed by atoms with Crippen LogP contribution in [0.1, 0.15) is 51.4 Å². The molecule has 0 radical (unpaired) electrons. The van der Waals surface area contributed by atoms with Gasteiger partial charge >= 0.3 is 88.7 Å². The summed E-state index contributed by atoms with van der Waals surface area (Å²) in [4.78, 5) is 32.0. The standard InChI is InChI=1S/C12H25FO5P2.3Na/c1-2-3-4-5-6-7-8-9-10-11-19(14,15)12(13)20(16,17)18;;;/h2,12H,1,3-11H2,(H,14,15)(H2,16,17,18);;;/q;3*+1/p-3. The molecule has 0 rings (SSSR count). The van der Waals surface area contributed by atoms with Crippen LogP contribution in [0.4, 0.5) is 4.39 Å². The fourth-order valence-electron chi connectivity index (χ4n) is 1.83. The average Bonchev–Trinajstić information content (AvgIpc) is 2.34. The van der Waals surface area contributed by atoms with Gasteiger partial charge in [0.15, 0.2) is 5.65 Å². The Hall–Kier alpha value is 3.01. The molecule has 5 nitrogen and oxygen atoms in total. The molecular weight excluding hydrogens is 374 g/mol. The summed E-state index contributed by atoms with van der Waals surface area (Å²) in [6.45, 7) is 3.62. The van der Waals surface area contributed by atoms with E-state index in [2.05, 4.69) is 6.58 Å². The van der Waals surface area contributed by atoms with Crippen LogP contribution >= 0.6 is 15.0 Å². The first-order valence-corrected chi connectivity index (χ1v) is 10.3. The molecule has 0 N–H and O–H groups in total. The van der Waals surface area contributed by atoms with Crippen molar-refractivity contribution < 1.29 is 117 Å². The van der Waals surface area contributed by atoms with Crippen LogP contribution in [0.3, 0.4) is 0 Å². The third-order valence-corrected chi connectivity index (χ3v) is 6.98. The summed E-state index contributed by atoms with van der Waals surface area (Å²) in [6, 6.07) is 0. The minimum Gasteiger partial charge on any atom is -0.808 e. The summed E-state index contributed by atoms with van der Waals surface area (Å²) in [5.74, 6) is 0. The van der Waals surface area contributed by atoms with Gasteiger partial charge in [0, 0.05) is 0 Å². The molecule has 120 valence electrons. The molecule has 11 heteroatoms. The molecular formula is C12H22FNa3O5P2. The van der Waals surface area contributed by atoms with Crippen molar-refractivity contribution >= 4 is 15.0 Å². The van der Waals surface area contributed by atoms with Crippen molar-refractivity contribution in [3.63, 3.8) is 0 Å². The summed E-state index contributed by atoms with van der Waals surface area (Å²) < 4.78 is 34.6. The van der Waals surface area contributed by atoms with E-state index in [1.807, 2.05) is 6.08 Å². The van der Waals surface area contributed by atoms with Crippen molar-refractivity contribution in [1.29, 1.82) is 0 Å². The molecule has 0 aliphatic carbocycles. The normalized spacial score (nSPS) is 14.4. The summed E-state index contributed by atoms with van der Waals surface area (Å²) in [7, 11) is -10.5. The fraction of sp³-hybridized carbons (Fsp3) is 0.833.